The van der Waals surface area contributed by atoms with E-state index in [0.29, 0.717) is 31.2 Å². The Kier molecular flexibility index (Phi) is 7.31. The lowest BCUT2D eigenvalue weighted by atomic mass is 9.96. The molecule has 0 heterocycles. The predicted octanol–water partition coefficient (Wildman–Crippen LogP) is 2.78. The number of amides is 1. The molecule has 2 atom stereocenters. The Labute approximate surface area is 122 Å². The Bertz CT molecular complexity index is 389. The number of carbonyl (C=O) groups is 1. The molecule has 0 bridgehead atoms. The predicted molar refractivity (Wildman–Crippen MR) is 82.4 cm³/mol. The van der Waals surface area contributed by atoms with Crippen LogP contribution in [-0.2, 0) is 11.2 Å². The van der Waals surface area contributed by atoms with Gasteiger partial charge in [0.1, 0.15) is 0 Å². The van der Waals surface area contributed by atoms with Crippen molar-refractivity contribution in [2.24, 2.45) is 11.8 Å². The molecule has 0 aliphatic rings. The monoisotopic (exact) mass is 277 g/mol. The highest BCUT2D eigenvalue weighted by Gasteiger charge is 2.12. The molecule has 0 fully saturated rings. The van der Waals surface area contributed by atoms with Crippen LogP contribution in [0, 0.1) is 11.8 Å². The van der Waals surface area contributed by atoms with Crippen molar-refractivity contribution in [2.75, 3.05) is 6.54 Å². The largest absolute Gasteiger partial charge is 0.391 e. The van der Waals surface area contributed by atoms with Crippen LogP contribution in [-0.4, -0.2) is 23.7 Å². The highest BCUT2D eigenvalue weighted by Crippen LogP contribution is 2.14. The van der Waals surface area contributed by atoms with Gasteiger partial charge in [-0.3, -0.25) is 4.79 Å². The van der Waals surface area contributed by atoms with E-state index in [1.165, 1.54) is 0 Å². The maximum atomic E-state index is 11.8. The summed E-state index contributed by atoms with van der Waals surface area (Å²) in [5.41, 5.74) is 1.09. The highest BCUT2D eigenvalue weighted by molar-refractivity contribution is 5.76. The molecule has 0 spiro atoms. The minimum Gasteiger partial charge on any atom is -0.391 e. The maximum Gasteiger partial charge on any atom is 0.220 e. The number of hydrogen-bond donors (Lipinski definition) is 2. The second-order valence-corrected chi connectivity index (χ2v) is 6.09. The van der Waals surface area contributed by atoms with Gasteiger partial charge >= 0.3 is 0 Å². The number of hydrogen-bond acceptors (Lipinski definition) is 2. The summed E-state index contributed by atoms with van der Waals surface area (Å²) in [6, 6.07) is 9.82. The molecule has 0 aliphatic carbocycles. The van der Waals surface area contributed by atoms with Crippen molar-refractivity contribution in [1.29, 1.82) is 0 Å². The summed E-state index contributed by atoms with van der Waals surface area (Å²) in [4.78, 5) is 11.8. The van der Waals surface area contributed by atoms with Crippen LogP contribution in [0.3, 0.4) is 0 Å². The van der Waals surface area contributed by atoms with Crippen LogP contribution < -0.4 is 5.32 Å². The zero-order valence-electron chi connectivity index (χ0n) is 12.8. The molecule has 1 amide bonds. The van der Waals surface area contributed by atoms with Crippen LogP contribution in [0.1, 0.15) is 39.2 Å². The summed E-state index contributed by atoms with van der Waals surface area (Å²) in [6.07, 6.45) is 1.64. The number of aliphatic hydroxyl groups is 1. The summed E-state index contributed by atoms with van der Waals surface area (Å²) in [5, 5.41) is 12.7. The molecule has 112 valence electrons. The molecule has 0 aliphatic heterocycles. The topological polar surface area (TPSA) is 49.3 Å². The molecule has 1 rings (SSSR count). The molecule has 3 nitrogen and oxygen atoms in total. The molecular weight excluding hydrogens is 250 g/mol. The van der Waals surface area contributed by atoms with Gasteiger partial charge < -0.3 is 10.4 Å². The molecule has 0 aromatic heterocycles. The van der Waals surface area contributed by atoms with Gasteiger partial charge in [0.2, 0.25) is 5.91 Å². The van der Waals surface area contributed by atoms with E-state index in [1.807, 2.05) is 30.3 Å². The third kappa shape index (κ3) is 7.29. The van der Waals surface area contributed by atoms with Crippen LogP contribution >= 0.6 is 0 Å². The minimum atomic E-state index is -0.526. The third-order valence-corrected chi connectivity index (χ3v) is 3.26. The first-order valence-electron chi connectivity index (χ1n) is 7.46. The molecule has 1 aromatic carbocycles. The lowest BCUT2D eigenvalue weighted by Crippen LogP contribution is -2.34. The van der Waals surface area contributed by atoms with Gasteiger partial charge in [-0.2, -0.15) is 0 Å². The Hall–Kier alpha value is -1.35. The minimum absolute atomic E-state index is 0.0326. The summed E-state index contributed by atoms with van der Waals surface area (Å²) in [5.74, 6) is 1.04. The first kappa shape index (κ1) is 16.7. The van der Waals surface area contributed by atoms with E-state index in [4.69, 9.17) is 0 Å². The summed E-state index contributed by atoms with van der Waals surface area (Å²) < 4.78 is 0. The Morgan fingerprint density at radius 1 is 1.20 bits per heavy atom. The van der Waals surface area contributed by atoms with Gasteiger partial charge in [-0.1, -0.05) is 51.1 Å². The summed E-state index contributed by atoms with van der Waals surface area (Å²) in [7, 11) is 0. The zero-order valence-corrected chi connectivity index (χ0v) is 12.8. The van der Waals surface area contributed by atoms with Crippen LogP contribution in [0.25, 0.3) is 0 Å². The average molecular weight is 277 g/mol. The van der Waals surface area contributed by atoms with Crippen molar-refractivity contribution in [2.45, 2.75) is 46.1 Å². The van der Waals surface area contributed by atoms with E-state index >= 15 is 0 Å². The fourth-order valence-corrected chi connectivity index (χ4v) is 2.47. The molecule has 1 aromatic rings. The van der Waals surface area contributed by atoms with E-state index in [9.17, 15) is 9.90 Å². The van der Waals surface area contributed by atoms with Gasteiger partial charge in [-0.25, -0.2) is 0 Å². The van der Waals surface area contributed by atoms with Gasteiger partial charge in [-0.15, -0.1) is 0 Å². The number of aliphatic hydroxyl groups excluding tert-OH is 1. The molecule has 0 saturated heterocycles. The number of carbonyl (C=O) groups excluding carboxylic acids is 1. The third-order valence-electron chi connectivity index (χ3n) is 3.26. The number of rotatable bonds is 8. The standard InChI is InChI=1S/C17H27NO2/c1-13(2)9-14(3)10-17(20)18-12-16(19)11-15-7-5-4-6-8-15/h4-8,13-14,16,19H,9-12H2,1-3H3,(H,18,20). The van der Waals surface area contributed by atoms with Gasteiger partial charge in [0.25, 0.3) is 0 Å². The number of nitrogens with one attached hydrogen (secondary N) is 1. The number of benzene rings is 1. The van der Waals surface area contributed by atoms with E-state index in [2.05, 4.69) is 26.1 Å². The van der Waals surface area contributed by atoms with Crippen LogP contribution in [0.4, 0.5) is 0 Å². The summed E-state index contributed by atoms with van der Waals surface area (Å²) in [6.45, 7) is 6.75. The quantitative estimate of drug-likeness (QED) is 0.767. The van der Waals surface area contributed by atoms with Crippen molar-refractivity contribution in [3.8, 4) is 0 Å². The van der Waals surface area contributed by atoms with Crippen molar-refractivity contribution in [3.05, 3.63) is 35.9 Å². The fourth-order valence-electron chi connectivity index (χ4n) is 2.47. The van der Waals surface area contributed by atoms with Gasteiger partial charge in [0.15, 0.2) is 0 Å². The van der Waals surface area contributed by atoms with E-state index in [0.717, 1.165) is 12.0 Å². The highest BCUT2D eigenvalue weighted by atomic mass is 16.3. The Morgan fingerprint density at radius 2 is 1.85 bits per heavy atom. The second kappa shape index (κ2) is 8.75. The lowest BCUT2D eigenvalue weighted by molar-refractivity contribution is -0.122. The smallest absolute Gasteiger partial charge is 0.220 e. The van der Waals surface area contributed by atoms with E-state index in [-0.39, 0.29) is 5.91 Å². The first-order chi connectivity index (χ1) is 9.47. The van der Waals surface area contributed by atoms with Gasteiger partial charge in [0.05, 0.1) is 6.10 Å². The zero-order chi connectivity index (χ0) is 15.0. The average Bonchev–Trinajstić information content (AvgIpc) is 2.36. The molecule has 2 N–H and O–H groups in total. The molecule has 3 heteroatoms. The Morgan fingerprint density at radius 3 is 2.45 bits per heavy atom. The van der Waals surface area contributed by atoms with Crippen molar-refractivity contribution in [1.82, 2.24) is 5.32 Å². The fraction of sp³-hybridized carbons (Fsp3) is 0.588. The van der Waals surface area contributed by atoms with Crippen molar-refractivity contribution in [3.63, 3.8) is 0 Å². The SMILES string of the molecule is CC(C)CC(C)CC(=O)NCC(O)Cc1ccccc1. The molecule has 0 saturated carbocycles. The maximum absolute atomic E-state index is 11.8. The van der Waals surface area contributed by atoms with Crippen molar-refractivity contribution >= 4 is 5.91 Å². The molecular formula is C17H27NO2. The second-order valence-electron chi connectivity index (χ2n) is 6.09. The molecule has 2 unspecified atom stereocenters. The van der Waals surface area contributed by atoms with E-state index < -0.39 is 6.10 Å². The Balaban J connectivity index is 2.23. The molecule has 20 heavy (non-hydrogen) atoms. The normalized spacial score (nSPS) is 14.1. The van der Waals surface area contributed by atoms with Gasteiger partial charge in [0, 0.05) is 19.4 Å². The van der Waals surface area contributed by atoms with Crippen LogP contribution in [0.2, 0.25) is 0 Å². The van der Waals surface area contributed by atoms with Crippen LogP contribution in [0.5, 0.6) is 0 Å². The summed E-state index contributed by atoms with van der Waals surface area (Å²) >= 11 is 0. The van der Waals surface area contributed by atoms with E-state index in [1.54, 1.807) is 0 Å². The van der Waals surface area contributed by atoms with Crippen molar-refractivity contribution < 1.29 is 9.90 Å². The molecule has 0 radical (unpaired) electrons. The van der Waals surface area contributed by atoms with Crippen LogP contribution in [0.15, 0.2) is 30.3 Å². The van der Waals surface area contributed by atoms with Gasteiger partial charge in [-0.05, 0) is 23.8 Å². The first-order valence-corrected chi connectivity index (χ1v) is 7.46. The lowest BCUT2D eigenvalue weighted by Gasteiger charge is -2.15.